The van der Waals surface area contributed by atoms with E-state index in [1.165, 1.54) is 0 Å². The molecule has 5 heteroatoms. The molecular weight excluding hydrogens is 276 g/mol. The first kappa shape index (κ1) is 15.3. The molecule has 4 nitrogen and oxygen atoms in total. The largest absolute Gasteiger partial charge is 0.383 e. The number of likely N-dealkylation sites (tertiary alicyclic amines) is 1. The fourth-order valence-electron chi connectivity index (χ4n) is 2.42. The number of nitrogens with one attached hydrogen (secondary N) is 1. The molecule has 0 aliphatic carbocycles. The minimum Gasteiger partial charge on any atom is -0.383 e. The van der Waals surface area contributed by atoms with Crippen LogP contribution in [0.1, 0.15) is 23.2 Å². The van der Waals surface area contributed by atoms with Gasteiger partial charge in [0.1, 0.15) is 0 Å². The first-order chi connectivity index (χ1) is 9.69. The van der Waals surface area contributed by atoms with Crippen LogP contribution in [0.25, 0.3) is 0 Å². The highest BCUT2D eigenvalue weighted by Gasteiger charge is 2.20. The maximum absolute atomic E-state index is 12.1. The average molecular weight is 297 g/mol. The zero-order valence-electron chi connectivity index (χ0n) is 11.8. The second-order valence-electron chi connectivity index (χ2n) is 5.09. The number of nitrogens with zero attached hydrogens (tertiary/aromatic N) is 1. The fourth-order valence-corrected chi connectivity index (χ4v) is 2.61. The molecule has 1 saturated heterocycles. The molecule has 1 aromatic rings. The third kappa shape index (κ3) is 4.47. The first-order valence-corrected chi connectivity index (χ1v) is 7.34. The highest BCUT2D eigenvalue weighted by Crippen LogP contribution is 2.13. The summed E-state index contributed by atoms with van der Waals surface area (Å²) in [6.07, 6.45) is 1.96. The van der Waals surface area contributed by atoms with Crippen LogP contribution < -0.4 is 5.32 Å². The van der Waals surface area contributed by atoms with Gasteiger partial charge in [-0.3, -0.25) is 4.79 Å². The molecule has 0 aromatic heterocycles. The molecule has 1 amide bonds. The Labute approximate surface area is 125 Å². The third-order valence-electron chi connectivity index (χ3n) is 3.62. The molecule has 0 saturated carbocycles. The number of hydrogen-bond donors (Lipinski definition) is 1. The van der Waals surface area contributed by atoms with Crippen LogP contribution in [0.5, 0.6) is 0 Å². The van der Waals surface area contributed by atoms with Gasteiger partial charge >= 0.3 is 0 Å². The number of piperidine rings is 1. The van der Waals surface area contributed by atoms with Crippen LogP contribution in [-0.4, -0.2) is 50.2 Å². The van der Waals surface area contributed by atoms with Gasteiger partial charge in [-0.25, -0.2) is 0 Å². The van der Waals surface area contributed by atoms with Gasteiger partial charge in [0, 0.05) is 43.4 Å². The molecule has 1 fully saturated rings. The molecule has 20 heavy (non-hydrogen) atoms. The summed E-state index contributed by atoms with van der Waals surface area (Å²) < 4.78 is 5.08. The Morgan fingerprint density at radius 3 is 2.85 bits per heavy atom. The minimum absolute atomic E-state index is 0.0390. The quantitative estimate of drug-likeness (QED) is 0.905. The van der Waals surface area contributed by atoms with Gasteiger partial charge in [-0.15, -0.1) is 0 Å². The number of carbonyl (C=O) groups excluding carboxylic acids is 1. The van der Waals surface area contributed by atoms with Crippen molar-refractivity contribution in [1.82, 2.24) is 10.2 Å². The highest BCUT2D eigenvalue weighted by atomic mass is 35.5. The van der Waals surface area contributed by atoms with Gasteiger partial charge in [0.2, 0.25) is 0 Å². The lowest BCUT2D eigenvalue weighted by Gasteiger charge is -2.32. The van der Waals surface area contributed by atoms with E-state index in [1.807, 2.05) is 0 Å². The van der Waals surface area contributed by atoms with Gasteiger partial charge in [-0.05, 0) is 31.0 Å². The van der Waals surface area contributed by atoms with E-state index in [1.54, 1.807) is 31.4 Å². The van der Waals surface area contributed by atoms with Crippen molar-refractivity contribution >= 4 is 17.5 Å². The number of amides is 1. The molecule has 1 aliphatic heterocycles. The standard InChI is InChI=1S/C15H21ClN2O2/c1-20-10-9-18-7-5-14(6-8-18)17-15(19)12-3-2-4-13(16)11-12/h2-4,11,14H,5-10H2,1H3,(H,17,19). The van der Waals surface area contributed by atoms with Crippen LogP contribution in [0, 0.1) is 0 Å². The number of ether oxygens (including phenoxy) is 1. The van der Waals surface area contributed by atoms with Crippen LogP contribution in [0.15, 0.2) is 24.3 Å². The Morgan fingerprint density at radius 2 is 2.20 bits per heavy atom. The number of benzene rings is 1. The van der Waals surface area contributed by atoms with E-state index < -0.39 is 0 Å². The summed E-state index contributed by atoms with van der Waals surface area (Å²) in [5.41, 5.74) is 0.624. The highest BCUT2D eigenvalue weighted by molar-refractivity contribution is 6.30. The van der Waals surface area contributed by atoms with E-state index in [9.17, 15) is 4.79 Å². The molecule has 1 aliphatic rings. The van der Waals surface area contributed by atoms with E-state index >= 15 is 0 Å². The summed E-state index contributed by atoms with van der Waals surface area (Å²) >= 11 is 5.90. The van der Waals surface area contributed by atoms with Gasteiger partial charge in [0.25, 0.3) is 5.91 Å². The molecule has 0 bridgehead atoms. The van der Waals surface area contributed by atoms with E-state index in [-0.39, 0.29) is 11.9 Å². The monoisotopic (exact) mass is 296 g/mol. The fraction of sp³-hybridized carbons (Fsp3) is 0.533. The summed E-state index contributed by atoms with van der Waals surface area (Å²) in [7, 11) is 1.72. The van der Waals surface area contributed by atoms with Crippen LogP contribution >= 0.6 is 11.6 Å². The average Bonchev–Trinajstić information content (AvgIpc) is 2.46. The van der Waals surface area contributed by atoms with Gasteiger partial charge in [0.15, 0.2) is 0 Å². The molecule has 0 unspecified atom stereocenters. The summed E-state index contributed by atoms with van der Waals surface area (Å²) in [4.78, 5) is 14.5. The first-order valence-electron chi connectivity index (χ1n) is 6.97. The molecule has 110 valence electrons. The number of rotatable bonds is 5. The normalized spacial score (nSPS) is 17.1. The Hall–Kier alpha value is -1.10. The van der Waals surface area contributed by atoms with Crippen molar-refractivity contribution < 1.29 is 9.53 Å². The van der Waals surface area contributed by atoms with Crippen molar-refractivity contribution in [2.24, 2.45) is 0 Å². The van der Waals surface area contributed by atoms with E-state index in [0.29, 0.717) is 10.6 Å². The van der Waals surface area contributed by atoms with E-state index in [0.717, 1.165) is 39.1 Å². The van der Waals surface area contributed by atoms with Crippen molar-refractivity contribution in [3.63, 3.8) is 0 Å². The molecular formula is C15H21ClN2O2. The van der Waals surface area contributed by atoms with Crippen molar-refractivity contribution in [2.45, 2.75) is 18.9 Å². The molecule has 1 N–H and O–H groups in total. The number of halogens is 1. The van der Waals surface area contributed by atoms with Crippen LogP contribution in [0.3, 0.4) is 0 Å². The van der Waals surface area contributed by atoms with Gasteiger partial charge in [-0.1, -0.05) is 17.7 Å². The smallest absolute Gasteiger partial charge is 0.251 e. The van der Waals surface area contributed by atoms with E-state index in [2.05, 4.69) is 10.2 Å². The van der Waals surface area contributed by atoms with Gasteiger partial charge in [-0.2, -0.15) is 0 Å². The molecule has 1 heterocycles. The van der Waals surface area contributed by atoms with Crippen molar-refractivity contribution in [1.29, 1.82) is 0 Å². The molecule has 0 spiro atoms. The van der Waals surface area contributed by atoms with Crippen molar-refractivity contribution in [2.75, 3.05) is 33.4 Å². The van der Waals surface area contributed by atoms with Crippen molar-refractivity contribution in [3.8, 4) is 0 Å². The summed E-state index contributed by atoms with van der Waals surface area (Å²) in [5, 5.41) is 3.67. The molecule has 0 atom stereocenters. The summed E-state index contributed by atoms with van der Waals surface area (Å²) in [6.45, 7) is 3.73. The van der Waals surface area contributed by atoms with Crippen LogP contribution in [0.2, 0.25) is 5.02 Å². The van der Waals surface area contributed by atoms with Crippen LogP contribution in [-0.2, 0) is 4.74 Å². The summed E-state index contributed by atoms with van der Waals surface area (Å²) in [6, 6.07) is 7.30. The number of hydrogen-bond acceptors (Lipinski definition) is 3. The van der Waals surface area contributed by atoms with Gasteiger partial charge in [0.05, 0.1) is 6.61 Å². The zero-order chi connectivity index (χ0) is 14.4. The van der Waals surface area contributed by atoms with Crippen molar-refractivity contribution in [3.05, 3.63) is 34.9 Å². The maximum Gasteiger partial charge on any atom is 0.251 e. The zero-order valence-corrected chi connectivity index (χ0v) is 12.5. The van der Waals surface area contributed by atoms with Crippen LogP contribution in [0.4, 0.5) is 0 Å². The topological polar surface area (TPSA) is 41.6 Å². The lowest BCUT2D eigenvalue weighted by molar-refractivity contribution is 0.0893. The lowest BCUT2D eigenvalue weighted by Crippen LogP contribution is -2.45. The Kier molecular flexibility index (Phi) is 5.83. The number of carbonyl (C=O) groups is 1. The second kappa shape index (κ2) is 7.62. The van der Waals surface area contributed by atoms with Gasteiger partial charge < -0.3 is 15.0 Å². The predicted octanol–water partition coefficient (Wildman–Crippen LogP) is 2.18. The SMILES string of the molecule is COCCN1CCC(NC(=O)c2cccc(Cl)c2)CC1. The molecule has 0 radical (unpaired) electrons. The predicted molar refractivity (Wildman–Crippen MR) is 80.3 cm³/mol. The molecule has 1 aromatic carbocycles. The second-order valence-corrected chi connectivity index (χ2v) is 5.53. The Bertz CT molecular complexity index is 445. The summed E-state index contributed by atoms with van der Waals surface area (Å²) in [5.74, 6) is -0.0390. The Balaban J connectivity index is 1.79. The molecule has 2 rings (SSSR count). The Morgan fingerprint density at radius 1 is 1.45 bits per heavy atom. The lowest BCUT2D eigenvalue weighted by atomic mass is 10.0. The number of methoxy groups -OCH3 is 1. The minimum atomic E-state index is -0.0390. The maximum atomic E-state index is 12.1. The van der Waals surface area contributed by atoms with E-state index in [4.69, 9.17) is 16.3 Å². The third-order valence-corrected chi connectivity index (χ3v) is 3.86.